The van der Waals surface area contributed by atoms with E-state index < -0.39 is 0 Å². The zero-order valence-electron chi connectivity index (χ0n) is 49.9. The van der Waals surface area contributed by atoms with Crippen molar-refractivity contribution in [2.75, 3.05) is 16.4 Å². The maximum atomic E-state index is 6.55. The number of unbranched alkanes of at least 4 members (excludes halogenated alkanes) is 1. The molecule has 0 saturated heterocycles. The van der Waals surface area contributed by atoms with E-state index >= 15 is 0 Å². The molecular weight excluding hydrogens is 1030 g/mol. The molecule has 6 aromatic carbocycles. The molecule has 6 aromatic rings. The van der Waals surface area contributed by atoms with Gasteiger partial charge >= 0.3 is 0 Å². The van der Waals surface area contributed by atoms with Crippen LogP contribution in [0.4, 0.5) is 17.1 Å². The predicted molar refractivity (Wildman–Crippen MR) is 361 cm³/mol. The largest absolute Gasteiger partial charge is 0.493 e. The number of allylic oxidation sites excluding steroid dienone is 20. The van der Waals surface area contributed by atoms with Crippen molar-refractivity contribution in [1.29, 1.82) is 0 Å². The summed E-state index contributed by atoms with van der Waals surface area (Å²) in [4.78, 5) is 5.29. The Morgan fingerprint density at radius 3 is 2.22 bits per heavy atom. The van der Waals surface area contributed by atoms with Crippen LogP contribution in [0.15, 0.2) is 260 Å². The molecule has 8 aliphatic rings. The molecule has 0 saturated carbocycles. The van der Waals surface area contributed by atoms with Gasteiger partial charge in [0.15, 0.2) is 0 Å². The van der Waals surface area contributed by atoms with Crippen LogP contribution in [0.3, 0.4) is 0 Å². The molecule has 426 valence electrons. The Labute approximate surface area is 506 Å². The third-order valence-electron chi connectivity index (χ3n) is 20.4. The van der Waals surface area contributed by atoms with Crippen molar-refractivity contribution in [2.24, 2.45) is 17.8 Å². The summed E-state index contributed by atoms with van der Waals surface area (Å²) in [6.07, 6.45) is 57.1. The number of anilines is 3. The maximum absolute atomic E-state index is 6.55. The Hall–Kier alpha value is -8.14. The molecule has 3 nitrogen and oxygen atoms in total. The topological polar surface area (TPSA) is 15.7 Å². The van der Waals surface area contributed by atoms with Crippen molar-refractivity contribution in [2.45, 2.75) is 127 Å². The molecule has 0 amide bonds. The number of fused-ring (bicyclic) bond motifs is 7. The number of hydrogen-bond acceptors (Lipinski definition) is 3. The quantitative estimate of drug-likeness (QED) is 0.0630. The molecule has 0 fully saturated rings. The summed E-state index contributed by atoms with van der Waals surface area (Å²) in [5.74, 6) is 3.18. The first kappa shape index (κ1) is 54.8. The van der Waals surface area contributed by atoms with E-state index in [0.29, 0.717) is 35.6 Å². The fourth-order valence-electron chi connectivity index (χ4n) is 16.0. The normalized spacial score (nSPS) is 23.8. The Morgan fingerprint density at radius 2 is 1.45 bits per heavy atom. The summed E-state index contributed by atoms with van der Waals surface area (Å²) >= 11 is 0. The number of rotatable bonds is 18. The summed E-state index contributed by atoms with van der Waals surface area (Å²) < 4.78 is 6.55. The second-order valence-electron chi connectivity index (χ2n) is 25.5. The van der Waals surface area contributed by atoms with Crippen molar-refractivity contribution in [3.05, 3.63) is 282 Å². The van der Waals surface area contributed by atoms with Crippen LogP contribution in [0.1, 0.15) is 137 Å². The summed E-state index contributed by atoms with van der Waals surface area (Å²) in [6.45, 7) is 11.0. The van der Waals surface area contributed by atoms with Gasteiger partial charge in [0, 0.05) is 45.7 Å². The lowest BCUT2D eigenvalue weighted by molar-refractivity contribution is 0.245. The van der Waals surface area contributed by atoms with Gasteiger partial charge in [-0.25, -0.2) is 0 Å². The summed E-state index contributed by atoms with van der Waals surface area (Å²) in [5.41, 5.74) is 21.9. The van der Waals surface area contributed by atoms with E-state index in [1.54, 1.807) is 16.7 Å². The zero-order chi connectivity index (χ0) is 57.3. The van der Waals surface area contributed by atoms with Gasteiger partial charge in [-0.1, -0.05) is 202 Å². The molecule has 0 aromatic heterocycles. The van der Waals surface area contributed by atoms with E-state index in [4.69, 9.17) is 4.74 Å². The Balaban J connectivity index is 0.720. The maximum Gasteiger partial charge on any atom is 0.119 e. The van der Waals surface area contributed by atoms with Crippen LogP contribution >= 0.6 is 0 Å². The minimum absolute atomic E-state index is 0.0483. The molecule has 1 aliphatic heterocycles. The standard InChI is InChI=1S/C82H82N2O/c1-4-58-28-32-60(33-29-58)63-36-37-65-52-73(46-40-64(65)51-63)85-56-57(3)19-17-18-50-82(68-20-9-6-10-21-68)78-27-16-15-26-74(78)75-47-45-72(55-79(75)82)83(69-22-11-7-12-23-69)71-43-38-62(39-44-71)67-42-49-81-77(54-67)76-53-66(61-34-30-59(5-2)31-35-61)41-48-80(76)84(81)70-24-13-8-14-25-70/h4-7,9,11,13,16,20,22,24,27-34,36-49,51-52,54-55,57,61,70,74,76,78H,1-2,8,10,12,14-15,17-19,21,23,25-26,35,50,53,56H2,3H3. The highest BCUT2D eigenvalue weighted by molar-refractivity contribution is 5.88. The second kappa shape index (κ2) is 24.1. The van der Waals surface area contributed by atoms with Gasteiger partial charge in [-0.2, -0.15) is 0 Å². The van der Waals surface area contributed by atoms with Crippen molar-refractivity contribution >= 4 is 33.9 Å². The number of ether oxygens (including phenoxy) is 1. The molecule has 1 heterocycles. The first-order valence-corrected chi connectivity index (χ1v) is 32.3. The Bertz CT molecular complexity index is 3860. The molecule has 0 N–H and O–H groups in total. The monoisotopic (exact) mass is 1110 g/mol. The minimum atomic E-state index is -0.0483. The molecule has 0 radical (unpaired) electrons. The highest BCUT2D eigenvalue weighted by Crippen LogP contribution is 2.62. The third-order valence-corrected chi connectivity index (χ3v) is 20.4. The van der Waals surface area contributed by atoms with Gasteiger partial charge in [-0.3, -0.25) is 0 Å². The van der Waals surface area contributed by atoms with Crippen molar-refractivity contribution in [3.63, 3.8) is 0 Å². The smallest absolute Gasteiger partial charge is 0.119 e. The fraction of sp³-hybridized carbons (Fsp3) is 0.293. The first-order valence-electron chi connectivity index (χ1n) is 32.3. The number of nitrogens with zero attached hydrogens (tertiary/aromatic N) is 2. The SMILES string of the molecule is C=CC1=CCC(C2=CC=C3C(C2)c2cc(-c4ccc(N(C5=CC=CCC5)c5ccc6c(c5)C(CCCCC(C)COc5ccc7cc(-c8ccc(C=C)cc8)ccc7c5)(C5=CC=CCC5)C5C=CCCC65)cc4)ccc2N3C2C=CCCC2)C=C1. The van der Waals surface area contributed by atoms with Crippen LogP contribution in [-0.2, 0) is 5.41 Å². The minimum Gasteiger partial charge on any atom is -0.493 e. The second-order valence-corrected chi connectivity index (χ2v) is 25.5. The van der Waals surface area contributed by atoms with E-state index in [2.05, 4.69) is 242 Å². The number of benzene rings is 6. The molecule has 14 rings (SSSR count). The Morgan fingerprint density at radius 1 is 0.671 bits per heavy atom. The van der Waals surface area contributed by atoms with Crippen LogP contribution in [0.2, 0.25) is 0 Å². The van der Waals surface area contributed by atoms with Gasteiger partial charge in [-0.05, 0) is 229 Å². The van der Waals surface area contributed by atoms with Gasteiger partial charge in [0.05, 0.1) is 12.6 Å². The van der Waals surface area contributed by atoms with E-state index in [-0.39, 0.29) is 5.41 Å². The summed E-state index contributed by atoms with van der Waals surface area (Å²) in [6, 6.07) is 47.0. The van der Waals surface area contributed by atoms with Crippen molar-refractivity contribution in [1.82, 2.24) is 0 Å². The molecule has 3 heteroatoms. The summed E-state index contributed by atoms with van der Waals surface area (Å²) in [7, 11) is 0. The van der Waals surface area contributed by atoms with Crippen LogP contribution in [0, 0.1) is 17.8 Å². The van der Waals surface area contributed by atoms with E-state index in [0.717, 1.165) is 75.7 Å². The predicted octanol–water partition coefficient (Wildman–Crippen LogP) is 22.0. The Kier molecular flexibility index (Phi) is 15.5. The lowest BCUT2D eigenvalue weighted by Crippen LogP contribution is -2.35. The summed E-state index contributed by atoms with van der Waals surface area (Å²) in [5, 5.41) is 2.43. The van der Waals surface area contributed by atoms with Crippen LogP contribution in [0.5, 0.6) is 5.75 Å². The molecule has 0 spiro atoms. The van der Waals surface area contributed by atoms with Crippen LogP contribution in [0.25, 0.3) is 39.1 Å². The van der Waals surface area contributed by atoms with Gasteiger partial charge < -0.3 is 14.5 Å². The average Bonchev–Trinajstić information content (AvgIpc) is 1.66. The van der Waals surface area contributed by atoms with Gasteiger partial charge in [0.1, 0.15) is 5.75 Å². The lowest BCUT2D eigenvalue weighted by Gasteiger charge is -2.42. The van der Waals surface area contributed by atoms with Crippen LogP contribution < -0.4 is 14.5 Å². The highest BCUT2D eigenvalue weighted by Gasteiger charge is 2.53. The van der Waals surface area contributed by atoms with Gasteiger partial charge in [0.25, 0.3) is 0 Å². The third kappa shape index (κ3) is 10.7. The molecule has 7 unspecified atom stereocenters. The highest BCUT2D eigenvalue weighted by atomic mass is 16.5. The van der Waals surface area contributed by atoms with E-state index in [9.17, 15) is 0 Å². The van der Waals surface area contributed by atoms with Gasteiger partial charge in [-0.15, -0.1) is 0 Å². The average molecular weight is 1110 g/mol. The molecule has 0 bridgehead atoms. The van der Waals surface area contributed by atoms with Crippen molar-refractivity contribution < 1.29 is 4.74 Å². The van der Waals surface area contributed by atoms with Gasteiger partial charge in [0.2, 0.25) is 0 Å². The molecular formula is C82H82N2O. The number of hydrogen-bond donors (Lipinski definition) is 0. The lowest BCUT2D eigenvalue weighted by atomic mass is 9.62. The van der Waals surface area contributed by atoms with Crippen LogP contribution in [-0.4, -0.2) is 12.6 Å². The molecule has 85 heavy (non-hydrogen) atoms. The molecule has 7 aliphatic carbocycles. The zero-order valence-corrected chi connectivity index (χ0v) is 49.9. The van der Waals surface area contributed by atoms with E-state index in [1.165, 1.54) is 117 Å². The fourth-order valence-corrected chi connectivity index (χ4v) is 16.0. The molecule has 7 atom stereocenters. The van der Waals surface area contributed by atoms with Crippen molar-refractivity contribution in [3.8, 4) is 28.0 Å². The van der Waals surface area contributed by atoms with E-state index in [1.807, 2.05) is 12.2 Å². The first-order chi connectivity index (χ1) is 41.9.